The van der Waals surface area contributed by atoms with Gasteiger partial charge < -0.3 is 24.4 Å². The van der Waals surface area contributed by atoms with Crippen LogP contribution in [0, 0.1) is 5.92 Å². The van der Waals surface area contributed by atoms with Crippen LogP contribution in [0.25, 0.3) is 0 Å². The molecule has 0 unspecified atom stereocenters. The van der Waals surface area contributed by atoms with Crippen molar-refractivity contribution in [1.29, 1.82) is 0 Å². The van der Waals surface area contributed by atoms with E-state index in [0.717, 1.165) is 11.3 Å². The monoisotopic (exact) mass is 442 g/mol. The van der Waals surface area contributed by atoms with E-state index in [-0.39, 0.29) is 24.9 Å². The molecule has 2 aromatic rings. The molecule has 3 atom stereocenters. The summed E-state index contributed by atoms with van der Waals surface area (Å²) in [6.07, 6.45) is 3.32. The van der Waals surface area contributed by atoms with Gasteiger partial charge in [-0.15, -0.1) is 0 Å². The lowest BCUT2D eigenvalue weighted by Crippen LogP contribution is -2.20. The van der Waals surface area contributed by atoms with Crippen LogP contribution >= 0.6 is 0 Å². The van der Waals surface area contributed by atoms with Crippen molar-refractivity contribution in [2.75, 3.05) is 20.3 Å². The first-order chi connectivity index (χ1) is 15.5. The summed E-state index contributed by atoms with van der Waals surface area (Å²) in [5.74, 6) is 0.612. The predicted molar refractivity (Wildman–Crippen MR) is 124 cm³/mol. The second kappa shape index (κ2) is 14.4. The van der Waals surface area contributed by atoms with Crippen LogP contribution in [0.2, 0.25) is 0 Å². The summed E-state index contributed by atoms with van der Waals surface area (Å²) in [6.45, 7) is 3.29. The number of methoxy groups -OCH3 is 1. The molecule has 0 spiro atoms. The number of benzene rings is 2. The van der Waals surface area contributed by atoms with Gasteiger partial charge in [-0.3, -0.25) is 0 Å². The standard InChI is InChI=1S/C26H34O6/c1-20(18-31-19-21-11-13-25(30-2)14-12-21)16-24(28)17-23(27)10-6-7-15-32-26(29)22-8-4-3-5-9-22/h3-6,8-14,20,23-24,27-28H,7,15-19H2,1-2H3/b10-6+/t20-,23+,24-/m1/s1. The van der Waals surface area contributed by atoms with E-state index >= 15 is 0 Å². The average molecular weight is 443 g/mol. The second-order valence-electron chi connectivity index (χ2n) is 7.88. The molecule has 0 bridgehead atoms. The third kappa shape index (κ3) is 10.1. The second-order valence-corrected chi connectivity index (χ2v) is 7.88. The first kappa shape index (κ1) is 25.6. The molecule has 2 aromatic carbocycles. The zero-order valence-corrected chi connectivity index (χ0v) is 18.9. The van der Waals surface area contributed by atoms with Gasteiger partial charge >= 0.3 is 5.97 Å². The molecule has 6 heteroatoms. The molecule has 2 N–H and O–H groups in total. The molecule has 0 radical (unpaired) electrons. The van der Waals surface area contributed by atoms with Crippen molar-refractivity contribution in [3.05, 3.63) is 77.9 Å². The summed E-state index contributed by atoms with van der Waals surface area (Å²) in [7, 11) is 1.63. The molecule has 0 amide bonds. The molecule has 6 nitrogen and oxygen atoms in total. The van der Waals surface area contributed by atoms with E-state index in [1.165, 1.54) is 0 Å². The maximum Gasteiger partial charge on any atom is 0.338 e. The van der Waals surface area contributed by atoms with E-state index in [1.807, 2.05) is 37.3 Å². The summed E-state index contributed by atoms with van der Waals surface area (Å²) >= 11 is 0. The van der Waals surface area contributed by atoms with Gasteiger partial charge in [0.15, 0.2) is 0 Å². The zero-order valence-electron chi connectivity index (χ0n) is 18.9. The molecule has 0 aliphatic rings. The van der Waals surface area contributed by atoms with Crippen LogP contribution in [0.1, 0.15) is 42.1 Å². The van der Waals surface area contributed by atoms with Crippen molar-refractivity contribution in [2.45, 2.75) is 45.0 Å². The minimum Gasteiger partial charge on any atom is -0.497 e. The molecule has 174 valence electrons. The molecule has 0 saturated carbocycles. The fourth-order valence-corrected chi connectivity index (χ4v) is 3.22. The van der Waals surface area contributed by atoms with Gasteiger partial charge in [-0.25, -0.2) is 4.79 Å². The predicted octanol–water partition coefficient (Wildman–Crippen LogP) is 4.15. The van der Waals surface area contributed by atoms with Gasteiger partial charge in [-0.1, -0.05) is 49.4 Å². The van der Waals surface area contributed by atoms with Crippen LogP contribution in [-0.4, -0.2) is 48.7 Å². The van der Waals surface area contributed by atoms with Crippen LogP contribution in [0.4, 0.5) is 0 Å². The van der Waals surface area contributed by atoms with Crippen LogP contribution in [-0.2, 0) is 16.1 Å². The SMILES string of the molecule is COc1ccc(COC[C@H](C)C[C@@H](O)C[C@@H](O)/C=C/CCOC(=O)c2ccccc2)cc1. The van der Waals surface area contributed by atoms with Gasteiger partial charge in [0.05, 0.1) is 38.1 Å². The largest absolute Gasteiger partial charge is 0.497 e. The number of aliphatic hydroxyl groups excluding tert-OH is 2. The third-order valence-electron chi connectivity index (χ3n) is 4.90. The smallest absolute Gasteiger partial charge is 0.338 e. The summed E-state index contributed by atoms with van der Waals surface area (Å²) in [5.41, 5.74) is 1.58. The van der Waals surface area contributed by atoms with Crippen LogP contribution in [0.3, 0.4) is 0 Å². The van der Waals surface area contributed by atoms with E-state index in [1.54, 1.807) is 43.5 Å². The van der Waals surface area contributed by atoms with Crippen molar-refractivity contribution in [1.82, 2.24) is 0 Å². The molecule has 0 heterocycles. The van der Waals surface area contributed by atoms with Gasteiger partial charge in [0.1, 0.15) is 5.75 Å². The number of esters is 1. The maximum absolute atomic E-state index is 11.8. The summed E-state index contributed by atoms with van der Waals surface area (Å²) in [4.78, 5) is 11.8. The van der Waals surface area contributed by atoms with Crippen LogP contribution in [0.5, 0.6) is 5.75 Å². The lowest BCUT2D eigenvalue weighted by atomic mass is 10.00. The van der Waals surface area contributed by atoms with Gasteiger partial charge in [0, 0.05) is 13.0 Å². The molecule has 0 fully saturated rings. The summed E-state index contributed by atoms with van der Waals surface area (Å²) in [6, 6.07) is 16.5. The van der Waals surface area contributed by atoms with Crippen molar-refractivity contribution >= 4 is 5.97 Å². The first-order valence-corrected chi connectivity index (χ1v) is 10.9. The molecule has 0 aliphatic heterocycles. The Morgan fingerprint density at radius 3 is 2.44 bits per heavy atom. The third-order valence-corrected chi connectivity index (χ3v) is 4.90. The molecular formula is C26H34O6. The Labute approximate surface area is 190 Å². The van der Waals surface area contributed by atoms with E-state index in [0.29, 0.717) is 31.6 Å². The van der Waals surface area contributed by atoms with Crippen molar-refractivity contribution < 1.29 is 29.2 Å². The Morgan fingerprint density at radius 2 is 1.75 bits per heavy atom. The minimum absolute atomic E-state index is 0.164. The quantitative estimate of drug-likeness (QED) is 0.260. The highest BCUT2D eigenvalue weighted by Gasteiger charge is 2.14. The number of carbonyl (C=O) groups excluding carboxylic acids is 1. The van der Waals surface area contributed by atoms with E-state index in [4.69, 9.17) is 14.2 Å². The number of ether oxygens (including phenoxy) is 3. The minimum atomic E-state index is -0.748. The van der Waals surface area contributed by atoms with Crippen molar-refractivity contribution in [2.24, 2.45) is 5.92 Å². The Hall–Kier alpha value is -2.67. The van der Waals surface area contributed by atoms with Gasteiger partial charge in [-0.2, -0.15) is 0 Å². The first-order valence-electron chi connectivity index (χ1n) is 10.9. The van der Waals surface area contributed by atoms with Crippen molar-refractivity contribution in [3.8, 4) is 5.75 Å². The fraction of sp³-hybridized carbons (Fsp3) is 0.423. The number of hydrogen-bond acceptors (Lipinski definition) is 6. The average Bonchev–Trinajstić information content (AvgIpc) is 2.79. The Morgan fingerprint density at radius 1 is 1.03 bits per heavy atom. The van der Waals surface area contributed by atoms with Crippen LogP contribution < -0.4 is 4.74 Å². The lowest BCUT2D eigenvalue weighted by molar-refractivity contribution is 0.0489. The topological polar surface area (TPSA) is 85.2 Å². The highest BCUT2D eigenvalue weighted by atomic mass is 16.5. The van der Waals surface area contributed by atoms with E-state index in [2.05, 4.69) is 0 Å². The molecule has 0 aliphatic carbocycles. The Kier molecular flexibility index (Phi) is 11.5. The molecule has 2 rings (SSSR count). The fourth-order valence-electron chi connectivity index (χ4n) is 3.22. The number of aliphatic hydroxyl groups is 2. The van der Waals surface area contributed by atoms with E-state index < -0.39 is 12.2 Å². The van der Waals surface area contributed by atoms with Crippen LogP contribution in [0.15, 0.2) is 66.7 Å². The highest BCUT2D eigenvalue weighted by Crippen LogP contribution is 2.15. The van der Waals surface area contributed by atoms with E-state index in [9.17, 15) is 15.0 Å². The normalized spacial score (nSPS) is 14.1. The molecule has 0 aromatic heterocycles. The Balaban J connectivity index is 1.56. The van der Waals surface area contributed by atoms with Gasteiger partial charge in [-0.05, 0) is 48.6 Å². The maximum atomic E-state index is 11.8. The zero-order chi connectivity index (χ0) is 23.2. The summed E-state index contributed by atoms with van der Waals surface area (Å²) < 4.78 is 16.1. The van der Waals surface area contributed by atoms with Gasteiger partial charge in [0.2, 0.25) is 0 Å². The molecule has 0 saturated heterocycles. The van der Waals surface area contributed by atoms with Gasteiger partial charge in [0.25, 0.3) is 0 Å². The molecular weight excluding hydrogens is 408 g/mol. The number of rotatable bonds is 14. The number of hydrogen-bond donors (Lipinski definition) is 2. The Bertz CT molecular complexity index is 803. The lowest BCUT2D eigenvalue weighted by Gasteiger charge is -2.18. The molecule has 32 heavy (non-hydrogen) atoms. The number of carbonyl (C=O) groups is 1. The van der Waals surface area contributed by atoms with Crippen molar-refractivity contribution in [3.63, 3.8) is 0 Å². The summed E-state index contributed by atoms with van der Waals surface area (Å²) in [5, 5.41) is 20.3. The highest BCUT2D eigenvalue weighted by molar-refractivity contribution is 5.89.